The standard InChI is InChI=1S/C13H18/c1-4-11(2)8-9-13-7-5-6-12(3)10-13/h5-8,10H,4,9H2,1-3H3. The molecule has 0 unspecified atom stereocenters. The molecule has 0 amide bonds. The zero-order chi connectivity index (χ0) is 9.68. The van der Waals surface area contributed by atoms with Gasteiger partial charge in [0, 0.05) is 0 Å². The van der Waals surface area contributed by atoms with Crippen LogP contribution in [0.3, 0.4) is 0 Å². The number of rotatable bonds is 3. The van der Waals surface area contributed by atoms with Crippen molar-refractivity contribution in [2.45, 2.75) is 33.6 Å². The summed E-state index contributed by atoms with van der Waals surface area (Å²) in [7, 11) is 0. The Labute approximate surface area is 81.3 Å². The van der Waals surface area contributed by atoms with Gasteiger partial charge in [-0.2, -0.15) is 0 Å². The number of hydrogen-bond donors (Lipinski definition) is 0. The zero-order valence-electron chi connectivity index (χ0n) is 8.80. The highest BCUT2D eigenvalue weighted by atomic mass is 14.0. The van der Waals surface area contributed by atoms with Gasteiger partial charge in [0.1, 0.15) is 0 Å². The topological polar surface area (TPSA) is 0 Å². The third-order valence-electron chi connectivity index (χ3n) is 2.33. The third-order valence-corrected chi connectivity index (χ3v) is 2.33. The van der Waals surface area contributed by atoms with Crippen LogP contribution in [-0.4, -0.2) is 0 Å². The minimum atomic E-state index is 1.07. The molecule has 1 aromatic rings. The van der Waals surface area contributed by atoms with Crippen molar-refractivity contribution in [1.82, 2.24) is 0 Å². The fourth-order valence-corrected chi connectivity index (χ4v) is 1.28. The van der Waals surface area contributed by atoms with Crippen LogP contribution in [-0.2, 0) is 6.42 Å². The van der Waals surface area contributed by atoms with Crippen LogP contribution in [0.1, 0.15) is 31.4 Å². The van der Waals surface area contributed by atoms with E-state index in [4.69, 9.17) is 0 Å². The van der Waals surface area contributed by atoms with E-state index in [1.807, 2.05) is 0 Å². The molecule has 13 heavy (non-hydrogen) atoms. The number of benzene rings is 1. The Morgan fingerprint density at radius 1 is 1.38 bits per heavy atom. The summed E-state index contributed by atoms with van der Waals surface area (Å²) in [5, 5.41) is 0. The molecule has 1 rings (SSSR count). The highest BCUT2D eigenvalue weighted by molar-refractivity contribution is 5.24. The Morgan fingerprint density at radius 2 is 2.15 bits per heavy atom. The van der Waals surface area contributed by atoms with Crippen molar-refractivity contribution in [3.63, 3.8) is 0 Å². The summed E-state index contributed by atoms with van der Waals surface area (Å²) in [5.41, 5.74) is 4.23. The van der Waals surface area contributed by atoms with E-state index in [0.717, 1.165) is 12.8 Å². The molecular weight excluding hydrogens is 156 g/mol. The molecule has 0 heteroatoms. The smallest absolute Gasteiger partial charge is 0.00948 e. The Balaban J connectivity index is 2.64. The first-order chi connectivity index (χ1) is 6.22. The lowest BCUT2D eigenvalue weighted by molar-refractivity contribution is 1.07. The summed E-state index contributed by atoms with van der Waals surface area (Å²) in [4.78, 5) is 0. The minimum Gasteiger partial charge on any atom is -0.0812 e. The van der Waals surface area contributed by atoms with E-state index in [1.165, 1.54) is 16.7 Å². The normalized spacial score (nSPS) is 11.8. The largest absolute Gasteiger partial charge is 0.0812 e. The molecule has 0 bridgehead atoms. The predicted octanol–water partition coefficient (Wildman–Crippen LogP) is 3.89. The van der Waals surface area contributed by atoms with Crippen molar-refractivity contribution < 1.29 is 0 Å². The van der Waals surface area contributed by atoms with E-state index < -0.39 is 0 Å². The number of aryl methyl sites for hydroxylation is 1. The van der Waals surface area contributed by atoms with Crippen LogP contribution in [0.15, 0.2) is 35.9 Å². The van der Waals surface area contributed by atoms with Crippen molar-refractivity contribution in [3.05, 3.63) is 47.0 Å². The maximum atomic E-state index is 2.31. The van der Waals surface area contributed by atoms with E-state index in [2.05, 4.69) is 51.1 Å². The molecule has 0 aliphatic heterocycles. The third kappa shape index (κ3) is 3.45. The molecule has 0 N–H and O–H groups in total. The van der Waals surface area contributed by atoms with Gasteiger partial charge in [-0.15, -0.1) is 0 Å². The molecule has 0 fully saturated rings. The molecule has 0 aliphatic carbocycles. The van der Waals surface area contributed by atoms with E-state index >= 15 is 0 Å². The zero-order valence-corrected chi connectivity index (χ0v) is 8.80. The first kappa shape index (κ1) is 10.0. The van der Waals surface area contributed by atoms with Gasteiger partial charge >= 0.3 is 0 Å². The van der Waals surface area contributed by atoms with Crippen molar-refractivity contribution in [2.24, 2.45) is 0 Å². The van der Waals surface area contributed by atoms with E-state index in [1.54, 1.807) is 0 Å². The Kier molecular flexibility index (Phi) is 3.75. The van der Waals surface area contributed by atoms with Crippen LogP contribution in [0.2, 0.25) is 0 Å². The van der Waals surface area contributed by atoms with Gasteiger partial charge in [0.25, 0.3) is 0 Å². The van der Waals surface area contributed by atoms with Crippen LogP contribution in [0.4, 0.5) is 0 Å². The average molecular weight is 174 g/mol. The first-order valence-electron chi connectivity index (χ1n) is 4.93. The Morgan fingerprint density at radius 3 is 2.77 bits per heavy atom. The summed E-state index contributed by atoms with van der Waals surface area (Å²) in [5.74, 6) is 0. The molecule has 0 radical (unpaired) electrons. The molecule has 0 aromatic heterocycles. The van der Waals surface area contributed by atoms with Crippen LogP contribution in [0.25, 0.3) is 0 Å². The summed E-state index contributed by atoms with van der Waals surface area (Å²) < 4.78 is 0. The Hall–Kier alpha value is -1.04. The average Bonchev–Trinajstić information content (AvgIpc) is 2.14. The lowest BCUT2D eigenvalue weighted by Gasteiger charge is -1.99. The second-order valence-electron chi connectivity index (χ2n) is 3.60. The molecule has 0 spiro atoms. The molecule has 1 aromatic carbocycles. The lowest BCUT2D eigenvalue weighted by atomic mass is 10.1. The van der Waals surface area contributed by atoms with Gasteiger partial charge < -0.3 is 0 Å². The van der Waals surface area contributed by atoms with Crippen molar-refractivity contribution in [2.75, 3.05) is 0 Å². The molecule has 0 heterocycles. The highest BCUT2D eigenvalue weighted by Gasteiger charge is 1.90. The van der Waals surface area contributed by atoms with Gasteiger partial charge in [0.05, 0.1) is 0 Å². The minimum absolute atomic E-state index is 1.07. The van der Waals surface area contributed by atoms with Crippen LogP contribution in [0, 0.1) is 6.92 Å². The maximum Gasteiger partial charge on any atom is -0.00948 e. The van der Waals surface area contributed by atoms with Gasteiger partial charge in [0.15, 0.2) is 0 Å². The van der Waals surface area contributed by atoms with Crippen LogP contribution >= 0.6 is 0 Å². The predicted molar refractivity (Wildman–Crippen MR) is 58.9 cm³/mol. The van der Waals surface area contributed by atoms with Crippen molar-refractivity contribution in [1.29, 1.82) is 0 Å². The van der Waals surface area contributed by atoms with Gasteiger partial charge in [-0.05, 0) is 32.3 Å². The second-order valence-corrected chi connectivity index (χ2v) is 3.60. The van der Waals surface area contributed by atoms with E-state index in [-0.39, 0.29) is 0 Å². The summed E-state index contributed by atoms with van der Waals surface area (Å²) in [6, 6.07) is 8.70. The molecule has 0 atom stereocenters. The van der Waals surface area contributed by atoms with E-state index in [0.29, 0.717) is 0 Å². The monoisotopic (exact) mass is 174 g/mol. The van der Waals surface area contributed by atoms with Gasteiger partial charge in [0.2, 0.25) is 0 Å². The van der Waals surface area contributed by atoms with E-state index in [9.17, 15) is 0 Å². The molecular formula is C13H18. The molecule has 0 aliphatic rings. The summed E-state index contributed by atoms with van der Waals surface area (Å²) in [6.45, 7) is 6.53. The Bertz CT molecular complexity index is 295. The molecule has 0 nitrogen and oxygen atoms in total. The SMILES string of the molecule is CCC(C)=CCc1cccc(C)c1. The van der Waals surface area contributed by atoms with Crippen LogP contribution in [0.5, 0.6) is 0 Å². The van der Waals surface area contributed by atoms with Crippen molar-refractivity contribution in [3.8, 4) is 0 Å². The van der Waals surface area contributed by atoms with Gasteiger partial charge in [-0.1, -0.05) is 48.4 Å². The van der Waals surface area contributed by atoms with Crippen LogP contribution < -0.4 is 0 Å². The van der Waals surface area contributed by atoms with Gasteiger partial charge in [-0.25, -0.2) is 0 Å². The fourth-order valence-electron chi connectivity index (χ4n) is 1.28. The first-order valence-corrected chi connectivity index (χ1v) is 4.93. The molecule has 0 saturated heterocycles. The summed E-state index contributed by atoms with van der Waals surface area (Å²) in [6.07, 6.45) is 4.54. The second kappa shape index (κ2) is 4.86. The lowest BCUT2D eigenvalue weighted by Crippen LogP contribution is -1.83. The fraction of sp³-hybridized carbons (Fsp3) is 0.385. The molecule has 70 valence electrons. The number of hydrogen-bond acceptors (Lipinski definition) is 0. The molecule has 0 saturated carbocycles. The number of allylic oxidation sites excluding steroid dienone is 2. The quantitative estimate of drug-likeness (QED) is 0.610. The summed E-state index contributed by atoms with van der Waals surface area (Å²) >= 11 is 0. The maximum absolute atomic E-state index is 2.31. The highest BCUT2D eigenvalue weighted by Crippen LogP contribution is 2.07. The van der Waals surface area contributed by atoms with Crippen molar-refractivity contribution >= 4 is 0 Å². The van der Waals surface area contributed by atoms with Gasteiger partial charge in [-0.3, -0.25) is 0 Å².